The molecule has 0 atom stereocenters. The Morgan fingerprint density at radius 3 is 2.61 bits per heavy atom. The molecule has 1 heterocycles. The fraction of sp³-hybridized carbons (Fsp3) is 0.786. The van der Waals surface area contributed by atoms with Crippen molar-refractivity contribution in [3.63, 3.8) is 0 Å². The van der Waals surface area contributed by atoms with Gasteiger partial charge in [-0.15, -0.1) is 11.3 Å². The molecule has 0 aromatic carbocycles. The van der Waals surface area contributed by atoms with E-state index < -0.39 is 0 Å². The molecular weight excluding hydrogens is 242 g/mol. The normalized spacial score (nSPS) is 23.4. The molecule has 18 heavy (non-hydrogen) atoms. The molecule has 0 radical (unpaired) electrons. The van der Waals surface area contributed by atoms with Crippen molar-refractivity contribution in [2.45, 2.75) is 63.1 Å². The van der Waals surface area contributed by atoms with E-state index in [0.717, 1.165) is 24.5 Å². The Kier molecular flexibility index (Phi) is 2.62. The zero-order valence-electron chi connectivity index (χ0n) is 11.0. The van der Waals surface area contributed by atoms with E-state index in [1.165, 1.54) is 54.2 Å². The third kappa shape index (κ3) is 2.28. The molecule has 0 bridgehead atoms. The average Bonchev–Trinajstić information content (AvgIpc) is 3.25. The van der Waals surface area contributed by atoms with Crippen LogP contribution in [0, 0.1) is 0 Å². The molecule has 0 amide bonds. The van der Waals surface area contributed by atoms with E-state index in [1.54, 1.807) is 0 Å². The van der Waals surface area contributed by atoms with Crippen LogP contribution in [-0.2, 0) is 6.54 Å². The number of nitrogens with one attached hydrogen (secondary N) is 1. The second kappa shape index (κ2) is 4.20. The van der Waals surface area contributed by atoms with Gasteiger partial charge in [-0.25, -0.2) is 4.98 Å². The van der Waals surface area contributed by atoms with E-state index in [-0.39, 0.29) is 0 Å². The van der Waals surface area contributed by atoms with Crippen LogP contribution < -0.4 is 10.2 Å². The average molecular weight is 263 g/mol. The van der Waals surface area contributed by atoms with Gasteiger partial charge in [0, 0.05) is 36.5 Å². The lowest BCUT2D eigenvalue weighted by molar-refractivity contribution is 0.688. The zero-order chi connectivity index (χ0) is 12.1. The Morgan fingerprint density at radius 2 is 2.00 bits per heavy atom. The highest BCUT2D eigenvalue weighted by molar-refractivity contribution is 7.15. The highest BCUT2D eigenvalue weighted by Gasteiger charge is 2.33. The minimum Gasteiger partial charge on any atom is -0.348 e. The minimum absolute atomic E-state index is 0.771. The van der Waals surface area contributed by atoms with Crippen molar-refractivity contribution in [2.24, 2.45) is 0 Å². The lowest BCUT2D eigenvalue weighted by Gasteiger charge is -2.13. The van der Waals surface area contributed by atoms with Crippen LogP contribution in [0.1, 0.15) is 55.0 Å². The van der Waals surface area contributed by atoms with Crippen molar-refractivity contribution in [1.29, 1.82) is 0 Å². The topological polar surface area (TPSA) is 28.2 Å². The predicted molar refractivity (Wildman–Crippen MR) is 75.4 cm³/mol. The van der Waals surface area contributed by atoms with Gasteiger partial charge in [0.1, 0.15) is 0 Å². The number of anilines is 1. The molecule has 4 heteroatoms. The molecule has 98 valence electrons. The standard InChI is InChI=1S/C14H21N3S/c1-17(11-6-7-11)14-16-13(9-2-3-9)12(18-14)8-15-10-4-5-10/h9-11,15H,2-8H2,1H3. The molecule has 0 spiro atoms. The van der Waals surface area contributed by atoms with Crippen molar-refractivity contribution in [1.82, 2.24) is 10.3 Å². The Bertz CT molecular complexity index is 444. The second-order valence-corrected chi connectivity index (χ2v) is 7.14. The first-order chi connectivity index (χ1) is 8.81. The number of thiazole rings is 1. The minimum atomic E-state index is 0.771. The Labute approximate surface area is 113 Å². The van der Waals surface area contributed by atoms with Crippen LogP contribution in [0.3, 0.4) is 0 Å². The maximum absolute atomic E-state index is 4.94. The summed E-state index contributed by atoms with van der Waals surface area (Å²) in [5.74, 6) is 0.776. The van der Waals surface area contributed by atoms with Crippen LogP contribution >= 0.6 is 11.3 Å². The summed E-state index contributed by atoms with van der Waals surface area (Å²) in [6.07, 6.45) is 8.15. The van der Waals surface area contributed by atoms with E-state index in [0.29, 0.717) is 0 Å². The Morgan fingerprint density at radius 1 is 1.22 bits per heavy atom. The van der Waals surface area contributed by atoms with Crippen molar-refractivity contribution in [3.05, 3.63) is 10.6 Å². The summed E-state index contributed by atoms with van der Waals surface area (Å²) in [7, 11) is 2.21. The lowest BCUT2D eigenvalue weighted by atomic mass is 10.2. The molecule has 3 aliphatic carbocycles. The molecule has 1 aromatic rings. The van der Waals surface area contributed by atoms with Gasteiger partial charge in [0.25, 0.3) is 0 Å². The first-order valence-electron chi connectivity index (χ1n) is 7.27. The van der Waals surface area contributed by atoms with Gasteiger partial charge >= 0.3 is 0 Å². The first-order valence-corrected chi connectivity index (χ1v) is 8.08. The van der Waals surface area contributed by atoms with Crippen molar-refractivity contribution in [2.75, 3.05) is 11.9 Å². The molecule has 0 aliphatic heterocycles. The summed E-state index contributed by atoms with van der Waals surface area (Å²) in [6.45, 7) is 1.05. The van der Waals surface area contributed by atoms with Crippen LogP contribution in [-0.4, -0.2) is 24.1 Å². The van der Waals surface area contributed by atoms with E-state index >= 15 is 0 Å². The summed E-state index contributed by atoms with van der Waals surface area (Å²) in [6, 6.07) is 1.57. The highest BCUT2D eigenvalue weighted by Crippen LogP contribution is 2.45. The quantitative estimate of drug-likeness (QED) is 0.855. The number of hydrogen-bond acceptors (Lipinski definition) is 4. The zero-order valence-corrected chi connectivity index (χ0v) is 11.8. The van der Waals surface area contributed by atoms with E-state index in [1.807, 2.05) is 11.3 Å². The molecule has 3 aliphatic rings. The molecule has 0 unspecified atom stereocenters. The Balaban J connectivity index is 1.53. The van der Waals surface area contributed by atoms with E-state index in [9.17, 15) is 0 Å². The molecule has 1 N–H and O–H groups in total. The van der Waals surface area contributed by atoms with Gasteiger partial charge in [-0.1, -0.05) is 0 Å². The van der Waals surface area contributed by atoms with Gasteiger partial charge in [0.15, 0.2) is 5.13 Å². The van der Waals surface area contributed by atoms with Gasteiger partial charge in [-0.2, -0.15) is 0 Å². The van der Waals surface area contributed by atoms with Gasteiger partial charge in [-0.05, 0) is 38.5 Å². The monoisotopic (exact) mass is 263 g/mol. The fourth-order valence-corrected chi connectivity index (χ4v) is 3.58. The van der Waals surface area contributed by atoms with Gasteiger partial charge in [-0.3, -0.25) is 0 Å². The molecule has 4 rings (SSSR count). The van der Waals surface area contributed by atoms with E-state index in [4.69, 9.17) is 4.98 Å². The van der Waals surface area contributed by atoms with E-state index in [2.05, 4.69) is 17.3 Å². The molecular formula is C14H21N3S. The van der Waals surface area contributed by atoms with Crippen LogP contribution in [0.25, 0.3) is 0 Å². The van der Waals surface area contributed by atoms with Gasteiger partial charge in [0.05, 0.1) is 5.69 Å². The summed E-state index contributed by atoms with van der Waals surface area (Å²) >= 11 is 1.93. The predicted octanol–water partition coefficient (Wildman–Crippen LogP) is 2.87. The van der Waals surface area contributed by atoms with Gasteiger partial charge < -0.3 is 10.2 Å². The Hall–Kier alpha value is -0.610. The summed E-state index contributed by atoms with van der Waals surface area (Å²) in [5.41, 5.74) is 1.41. The number of aromatic nitrogens is 1. The molecule has 0 saturated heterocycles. The third-order valence-corrected chi connectivity index (χ3v) is 5.37. The van der Waals surface area contributed by atoms with Crippen LogP contribution in [0.4, 0.5) is 5.13 Å². The third-order valence-electron chi connectivity index (χ3n) is 4.21. The molecule has 3 nitrogen and oxygen atoms in total. The summed E-state index contributed by atoms with van der Waals surface area (Å²) in [5, 5.41) is 4.90. The summed E-state index contributed by atoms with van der Waals surface area (Å²) in [4.78, 5) is 8.84. The molecule has 1 aromatic heterocycles. The summed E-state index contributed by atoms with van der Waals surface area (Å²) < 4.78 is 0. The SMILES string of the molecule is CN(c1nc(C2CC2)c(CNC2CC2)s1)C1CC1. The number of rotatable bonds is 6. The van der Waals surface area contributed by atoms with Crippen LogP contribution in [0.15, 0.2) is 0 Å². The molecule has 3 fully saturated rings. The first kappa shape index (κ1) is 11.2. The number of hydrogen-bond donors (Lipinski definition) is 1. The van der Waals surface area contributed by atoms with Gasteiger partial charge in [0.2, 0.25) is 0 Å². The highest BCUT2D eigenvalue weighted by atomic mass is 32.1. The smallest absolute Gasteiger partial charge is 0.185 e. The fourth-order valence-electron chi connectivity index (χ4n) is 2.45. The number of nitrogens with zero attached hydrogens (tertiary/aromatic N) is 2. The van der Waals surface area contributed by atoms with Crippen molar-refractivity contribution in [3.8, 4) is 0 Å². The largest absolute Gasteiger partial charge is 0.348 e. The lowest BCUT2D eigenvalue weighted by Crippen LogP contribution is -2.18. The second-order valence-electron chi connectivity index (χ2n) is 6.08. The van der Waals surface area contributed by atoms with Crippen molar-refractivity contribution >= 4 is 16.5 Å². The van der Waals surface area contributed by atoms with Crippen LogP contribution in [0.5, 0.6) is 0 Å². The maximum atomic E-state index is 4.94. The maximum Gasteiger partial charge on any atom is 0.185 e. The molecule has 3 saturated carbocycles. The van der Waals surface area contributed by atoms with Crippen molar-refractivity contribution < 1.29 is 0 Å². The van der Waals surface area contributed by atoms with Crippen LogP contribution in [0.2, 0.25) is 0 Å².